The van der Waals surface area contributed by atoms with Crippen LogP contribution in [0.15, 0.2) is 24.4 Å². The Labute approximate surface area is 173 Å². The van der Waals surface area contributed by atoms with Crippen LogP contribution in [0.2, 0.25) is 5.02 Å². The highest BCUT2D eigenvalue weighted by molar-refractivity contribution is 6.30. The molecule has 7 nitrogen and oxygen atoms in total. The van der Waals surface area contributed by atoms with Crippen LogP contribution < -0.4 is 0 Å². The number of aromatic amines is 1. The van der Waals surface area contributed by atoms with Gasteiger partial charge in [0, 0.05) is 31.2 Å². The number of carbonyl (C=O) groups is 2. The number of nitrogens with one attached hydrogen (secondary N) is 1. The third kappa shape index (κ3) is 3.39. The van der Waals surface area contributed by atoms with Crippen molar-refractivity contribution in [3.8, 4) is 0 Å². The van der Waals surface area contributed by atoms with Crippen molar-refractivity contribution in [2.75, 3.05) is 13.1 Å². The molecule has 29 heavy (non-hydrogen) atoms. The van der Waals surface area contributed by atoms with Crippen molar-refractivity contribution in [3.05, 3.63) is 46.5 Å². The molecule has 2 atom stereocenters. The fourth-order valence-corrected chi connectivity index (χ4v) is 4.94. The fourth-order valence-electron chi connectivity index (χ4n) is 4.75. The van der Waals surface area contributed by atoms with E-state index in [9.17, 15) is 14.0 Å². The van der Waals surface area contributed by atoms with Crippen LogP contribution in [0.3, 0.4) is 0 Å². The summed E-state index contributed by atoms with van der Waals surface area (Å²) in [6, 6.07) is 4.56. The summed E-state index contributed by atoms with van der Waals surface area (Å²) >= 11 is 5.90. The zero-order valence-corrected chi connectivity index (χ0v) is 17.0. The van der Waals surface area contributed by atoms with E-state index >= 15 is 0 Å². The van der Waals surface area contributed by atoms with E-state index in [4.69, 9.17) is 11.6 Å². The second kappa shape index (κ2) is 7.74. The molecule has 3 heterocycles. The number of hydrogen-bond acceptors (Lipinski definition) is 4. The van der Waals surface area contributed by atoms with Crippen LogP contribution >= 0.6 is 11.6 Å². The number of benzene rings is 1. The van der Waals surface area contributed by atoms with Crippen LogP contribution in [0.4, 0.5) is 4.39 Å². The molecule has 4 rings (SSSR count). The molecule has 0 radical (unpaired) electrons. The molecule has 2 aliphatic heterocycles. The first-order chi connectivity index (χ1) is 13.9. The highest BCUT2D eigenvalue weighted by atomic mass is 35.5. The number of aromatic nitrogens is 3. The molecule has 2 amide bonds. The molecule has 2 aromatic rings. The predicted molar refractivity (Wildman–Crippen MR) is 105 cm³/mol. The summed E-state index contributed by atoms with van der Waals surface area (Å²) in [5, 5.41) is 10.1. The molecule has 9 heteroatoms. The van der Waals surface area contributed by atoms with Gasteiger partial charge in [0.1, 0.15) is 5.82 Å². The monoisotopic (exact) mass is 419 g/mol. The van der Waals surface area contributed by atoms with Gasteiger partial charge < -0.3 is 9.80 Å². The van der Waals surface area contributed by atoms with E-state index < -0.39 is 11.2 Å². The summed E-state index contributed by atoms with van der Waals surface area (Å²) in [7, 11) is 0. The molecule has 0 bridgehead atoms. The maximum atomic E-state index is 14.4. The van der Waals surface area contributed by atoms with Crippen molar-refractivity contribution in [2.45, 2.75) is 45.2 Å². The van der Waals surface area contributed by atoms with Crippen molar-refractivity contribution >= 4 is 23.4 Å². The molecule has 0 saturated carbocycles. The zero-order chi connectivity index (χ0) is 20.6. The number of rotatable bonds is 3. The van der Waals surface area contributed by atoms with Crippen LogP contribution in [0.5, 0.6) is 0 Å². The maximum Gasteiger partial charge on any atom is 0.276 e. The van der Waals surface area contributed by atoms with Gasteiger partial charge >= 0.3 is 0 Å². The zero-order valence-electron chi connectivity index (χ0n) is 16.2. The Bertz CT molecular complexity index is 918. The first-order valence-corrected chi connectivity index (χ1v) is 10.2. The molecule has 0 aliphatic carbocycles. The lowest BCUT2D eigenvalue weighted by molar-refractivity contribution is -0.154. The Morgan fingerprint density at radius 3 is 2.83 bits per heavy atom. The van der Waals surface area contributed by atoms with Crippen molar-refractivity contribution in [2.24, 2.45) is 5.41 Å². The minimum absolute atomic E-state index is 0.0201. The molecule has 1 aromatic heterocycles. The van der Waals surface area contributed by atoms with Gasteiger partial charge in [0.05, 0.1) is 16.6 Å². The van der Waals surface area contributed by atoms with Gasteiger partial charge in [-0.25, -0.2) is 4.39 Å². The van der Waals surface area contributed by atoms with Crippen LogP contribution in [0, 0.1) is 11.2 Å². The van der Waals surface area contributed by atoms with Crippen molar-refractivity contribution in [3.63, 3.8) is 0 Å². The van der Waals surface area contributed by atoms with Crippen LogP contribution in [0.1, 0.15) is 48.7 Å². The van der Waals surface area contributed by atoms with Gasteiger partial charge in [-0.2, -0.15) is 15.4 Å². The van der Waals surface area contributed by atoms with Gasteiger partial charge in [0.2, 0.25) is 5.91 Å². The summed E-state index contributed by atoms with van der Waals surface area (Å²) in [5.41, 5.74) is -0.0118. The largest absolute Gasteiger partial charge is 0.338 e. The molecule has 0 unspecified atom stereocenters. The number of piperidine rings is 2. The highest BCUT2D eigenvalue weighted by Crippen LogP contribution is 2.44. The van der Waals surface area contributed by atoms with E-state index in [1.54, 1.807) is 21.9 Å². The third-order valence-electron chi connectivity index (χ3n) is 6.34. The molecule has 2 saturated heterocycles. The molecule has 2 fully saturated rings. The van der Waals surface area contributed by atoms with E-state index in [2.05, 4.69) is 15.4 Å². The SMILES string of the molecule is C[C@@H]1N(C(=O)c2cn[nH]n2)CCC[C@@]12CCCN(Cc1cccc(Cl)c1F)C2=O. The number of likely N-dealkylation sites (tertiary alicyclic amines) is 2. The normalized spacial score (nSPS) is 24.9. The van der Waals surface area contributed by atoms with E-state index in [1.165, 1.54) is 12.3 Å². The number of halogens is 2. The molecule has 154 valence electrons. The maximum absolute atomic E-state index is 14.4. The quantitative estimate of drug-likeness (QED) is 0.829. The molecule has 2 aliphatic rings. The third-order valence-corrected chi connectivity index (χ3v) is 6.63. The number of carbonyl (C=O) groups excluding carboxylic acids is 2. The van der Waals surface area contributed by atoms with E-state index in [1.807, 2.05) is 6.92 Å². The standard InChI is InChI=1S/C20H23ClFN5O2/c1-13-20(8-4-10-27(13)18(28)16-11-23-25-24-16)7-3-9-26(19(20)29)12-14-5-2-6-15(21)17(14)22/h2,5-6,11,13H,3-4,7-10,12H2,1H3,(H,23,24,25)/t13-,20-/m0/s1. The summed E-state index contributed by atoms with van der Waals surface area (Å²) < 4.78 is 14.4. The number of hydrogen-bond donors (Lipinski definition) is 1. The number of nitrogens with zero attached hydrogens (tertiary/aromatic N) is 4. The van der Waals surface area contributed by atoms with E-state index in [0.29, 0.717) is 31.5 Å². The topological polar surface area (TPSA) is 82.2 Å². The van der Waals surface area contributed by atoms with Crippen molar-refractivity contribution < 1.29 is 14.0 Å². The average Bonchev–Trinajstić information content (AvgIpc) is 3.25. The van der Waals surface area contributed by atoms with Crippen molar-refractivity contribution in [1.82, 2.24) is 25.2 Å². The summed E-state index contributed by atoms with van der Waals surface area (Å²) in [6.45, 7) is 3.25. The molecular weight excluding hydrogens is 397 g/mol. The van der Waals surface area contributed by atoms with Crippen LogP contribution in [-0.4, -0.2) is 56.2 Å². The van der Waals surface area contributed by atoms with Crippen LogP contribution in [0.25, 0.3) is 0 Å². The lowest BCUT2D eigenvalue weighted by Crippen LogP contribution is -2.61. The molecular formula is C20H23ClFN5O2. The lowest BCUT2D eigenvalue weighted by atomic mass is 9.67. The highest BCUT2D eigenvalue weighted by Gasteiger charge is 2.52. The Hall–Kier alpha value is -2.48. The summed E-state index contributed by atoms with van der Waals surface area (Å²) in [4.78, 5) is 29.9. The van der Waals surface area contributed by atoms with Gasteiger partial charge in [-0.3, -0.25) is 9.59 Å². The fraction of sp³-hybridized carbons (Fsp3) is 0.500. The van der Waals surface area contributed by atoms with Gasteiger partial charge in [-0.15, -0.1) is 0 Å². The van der Waals surface area contributed by atoms with E-state index in [0.717, 1.165) is 12.8 Å². The van der Waals surface area contributed by atoms with Crippen molar-refractivity contribution in [1.29, 1.82) is 0 Å². The average molecular weight is 420 g/mol. The Morgan fingerprint density at radius 2 is 2.10 bits per heavy atom. The number of H-pyrrole nitrogens is 1. The minimum Gasteiger partial charge on any atom is -0.338 e. The molecule has 1 aromatic carbocycles. The summed E-state index contributed by atoms with van der Waals surface area (Å²) in [5.74, 6) is -0.731. The first-order valence-electron chi connectivity index (χ1n) is 9.83. The minimum atomic E-state index is -0.662. The molecule has 1 spiro atoms. The Balaban J connectivity index is 1.58. The lowest BCUT2D eigenvalue weighted by Gasteiger charge is -2.51. The van der Waals surface area contributed by atoms with Gasteiger partial charge in [-0.1, -0.05) is 23.7 Å². The van der Waals surface area contributed by atoms with Gasteiger partial charge in [0.25, 0.3) is 5.91 Å². The van der Waals surface area contributed by atoms with Crippen LogP contribution in [-0.2, 0) is 11.3 Å². The van der Waals surface area contributed by atoms with Gasteiger partial charge in [-0.05, 0) is 38.7 Å². The Morgan fingerprint density at radius 1 is 1.34 bits per heavy atom. The van der Waals surface area contributed by atoms with Gasteiger partial charge in [0.15, 0.2) is 5.69 Å². The predicted octanol–water partition coefficient (Wildman–Crippen LogP) is 3.03. The second-order valence-electron chi connectivity index (χ2n) is 7.83. The number of amides is 2. The smallest absolute Gasteiger partial charge is 0.276 e. The van der Waals surface area contributed by atoms with E-state index in [-0.39, 0.29) is 35.1 Å². The molecule has 1 N–H and O–H groups in total. The summed E-state index contributed by atoms with van der Waals surface area (Å²) in [6.07, 6.45) is 4.37. The Kier molecular flexibility index (Phi) is 5.29. The second-order valence-corrected chi connectivity index (χ2v) is 8.24. The first kappa shape index (κ1) is 19.8.